The van der Waals surface area contributed by atoms with Crippen LogP contribution in [0.2, 0.25) is 0 Å². The first-order valence-electron chi connectivity index (χ1n) is 4.86. The summed E-state index contributed by atoms with van der Waals surface area (Å²) in [5.74, 6) is 0.201. The van der Waals surface area contributed by atoms with Crippen molar-refractivity contribution in [2.75, 3.05) is 7.11 Å². The molecule has 0 bridgehead atoms. The van der Waals surface area contributed by atoms with E-state index in [9.17, 15) is 4.79 Å². The van der Waals surface area contributed by atoms with Crippen molar-refractivity contribution in [3.05, 3.63) is 29.0 Å². The number of esters is 1. The standard InChI is InChI=1S/C11H11NO3S/c1-3-8-6-16-10(12-8)9-4-7(5-15-9)11(13)14-2/h4-6H,3H2,1-2H3. The van der Waals surface area contributed by atoms with Crippen LogP contribution in [0.1, 0.15) is 23.0 Å². The normalized spacial score (nSPS) is 10.4. The van der Waals surface area contributed by atoms with E-state index in [-0.39, 0.29) is 0 Å². The quantitative estimate of drug-likeness (QED) is 0.770. The van der Waals surface area contributed by atoms with Gasteiger partial charge in [0.15, 0.2) is 10.8 Å². The largest absolute Gasteiger partial charge is 0.465 e. The third-order valence-electron chi connectivity index (χ3n) is 2.15. The zero-order valence-electron chi connectivity index (χ0n) is 9.02. The lowest BCUT2D eigenvalue weighted by Crippen LogP contribution is -1.98. The number of carbonyl (C=O) groups excluding carboxylic acids is 1. The second kappa shape index (κ2) is 4.49. The van der Waals surface area contributed by atoms with Crippen LogP contribution in [-0.2, 0) is 11.2 Å². The van der Waals surface area contributed by atoms with E-state index in [0.717, 1.165) is 17.1 Å². The Morgan fingerprint density at radius 3 is 3.06 bits per heavy atom. The molecule has 0 saturated carbocycles. The van der Waals surface area contributed by atoms with Crippen LogP contribution in [-0.4, -0.2) is 18.1 Å². The highest BCUT2D eigenvalue weighted by Crippen LogP contribution is 2.26. The molecule has 0 amide bonds. The Morgan fingerprint density at radius 2 is 2.44 bits per heavy atom. The van der Waals surface area contributed by atoms with Gasteiger partial charge in [0.2, 0.25) is 0 Å². The maximum Gasteiger partial charge on any atom is 0.341 e. The number of rotatable bonds is 3. The third kappa shape index (κ3) is 1.99. The molecule has 0 radical (unpaired) electrons. The van der Waals surface area contributed by atoms with Gasteiger partial charge >= 0.3 is 5.97 Å². The fourth-order valence-electron chi connectivity index (χ4n) is 1.26. The number of aromatic nitrogens is 1. The molecular formula is C11H11NO3S. The lowest BCUT2D eigenvalue weighted by Gasteiger charge is -1.90. The summed E-state index contributed by atoms with van der Waals surface area (Å²) < 4.78 is 9.87. The number of ether oxygens (including phenoxy) is 1. The van der Waals surface area contributed by atoms with Crippen molar-refractivity contribution < 1.29 is 13.9 Å². The van der Waals surface area contributed by atoms with Gasteiger partial charge in [-0.05, 0) is 6.42 Å². The van der Waals surface area contributed by atoms with Gasteiger partial charge in [-0.2, -0.15) is 0 Å². The van der Waals surface area contributed by atoms with Crippen molar-refractivity contribution in [3.8, 4) is 10.8 Å². The van der Waals surface area contributed by atoms with Gasteiger partial charge in [-0.15, -0.1) is 11.3 Å². The van der Waals surface area contributed by atoms with E-state index in [0.29, 0.717) is 11.3 Å². The highest BCUT2D eigenvalue weighted by molar-refractivity contribution is 7.13. The summed E-state index contributed by atoms with van der Waals surface area (Å²) in [7, 11) is 1.34. The van der Waals surface area contributed by atoms with E-state index < -0.39 is 5.97 Å². The first kappa shape index (κ1) is 10.9. The van der Waals surface area contributed by atoms with Crippen molar-refractivity contribution in [2.45, 2.75) is 13.3 Å². The Bertz CT molecular complexity index is 501. The van der Waals surface area contributed by atoms with Crippen molar-refractivity contribution in [2.24, 2.45) is 0 Å². The van der Waals surface area contributed by atoms with Gasteiger partial charge in [-0.1, -0.05) is 6.92 Å². The van der Waals surface area contributed by atoms with Gasteiger partial charge in [0.25, 0.3) is 0 Å². The Labute approximate surface area is 96.9 Å². The van der Waals surface area contributed by atoms with Crippen molar-refractivity contribution in [3.63, 3.8) is 0 Å². The first-order chi connectivity index (χ1) is 7.74. The van der Waals surface area contributed by atoms with E-state index in [1.165, 1.54) is 24.7 Å². The van der Waals surface area contributed by atoms with Crippen LogP contribution < -0.4 is 0 Å². The van der Waals surface area contributed by atoms with Crippen LogP contribution in [0.5, 0.6) is 0 Å². The van der Waals surface area contributed by atoms with E-state index in [4.69, 9.17) is 4.42 Å². The summed E-state index contributed by atoms with van der Waals surface area (Å²) in [6.45, 7) is 2.04. The van der Waals surface area contributed by atoms with Gasteiger partial charge in [0, 0.05) is 11.4 Å². The smallest absolute Gasteiger partial charge is 0.341 e. The zero-order chi connectivity index (χ0) is 11.5. The van der Waals surface area contributed by atoms with Crippen molar-refractivity contribution in [1.29, 1.82) is 0 Å². The maximum atomic E-state index is 11.2. The van der Waals surface area contributed by atoms with Crippen LogP contribution in [0.3, 0.4) is 0 Å². The molecule has 84 valence electrons. The van der Waals surface area contributed by atoms with Gasteiger partial charge in [-0.3, -0.25) is 0 Å². The average molecular weight is 237 g/mol. The van der Waals surface area contributed by atoms with Crippen molar-refractivity contribution >= 4 is 17.3 Å². The molecule has 2 aromatic rings. The predicted octanol–water partition coefficient (Wildman–Crippen LogP) is 2.75. The summed E-state index contributed by atoms with van der Waals surface area (Å²) in [4.78, 5) is 15.6. The Morgan fingerprint density at radius 1 is 1.62 bits per heavy atom. The number of aryl methyl sites for hydroxylation is 1. The summed E-state index contributed by atoms with van der Waals surface area (Å²) >= 11 is 1.50. The number of hydrogen-bond donors (Lipinski definition) is 0. The van der Waals surface area contributed by atoms with Crippen LogP contribution in [0.4, 0.5) is 0 Å². The molecule has 0 atom stereocenters. The monoisotopic (exact) mass is 237 g/mol. The Balaban J connectivity index is 2.27. The number of methoxy groups -OCH3 is 1. The first-order valence-corrected chi connectivity index (χ1v) is 5.74. The highest BCUT2D eigenvalue weighted by atomic mass is 32.1. The average Bonchev–Trinajstić information content (AvgIpc) is 2.95. The van der Waals surface area contributed by atoms with Gasteiger partial charge in [0.05, 0.1) is 18.4 Å². The van der Waals surface area contributed by atoms with E-state index in [2.05, 4.69) is 9.72 Å². The molecule has 0 aliphatic heterocycles. The summed E-state index contributed by atoms with van der Waals surface area (Å²) in [5, 5.41) is 2.77. The van der Waals surface area contributed by atoms with Crippen LogP contribution in [0.15, 0.2) is 22.1 Å². The summed E-state index contributed by atoms with van der Waals surface area (Å²) in [6.07, 6.45) is 2.27. The molecule has 2 rings (SSSR count). The molecule has 0 N–H and O–H groups in total. The number of furan rings is 1. The van der Waals surface area contributed by atoms with Gasteiger partial charge in [0.1, 0.15) is 6.26 Å². The van der Waals surface area contributed by atoms with Gasteiger partial charge < -0.3 is 9.15 Å². The molecule has 0 aliphatic carbocycles. The molecule has 2 aromatic heterocycles. The summed E-state index contributed by atoms with van der Waals surface area (Å²) in [6, 6.07) is 1.64. The summed E-state index contributed by atoms with van der Waals surface area (Å²) in [5.41, 5.74) is 1.43. The number of nitrogens with zero attached hydrogens (tertiary/aromatic N) is 1. The topological polar surface area (TPSA) is 52.3 Å². The maximum absolute atomic E-state index is 11.2. The molecule has 0 aromatic carbocycles. The van der Waals surface area contributed by atoms with Crippen LogP contribution >= 0.6 is 11.3 Å². The lowest BCUT2D eigenvalue weighted by molar-refractivity contribution is 0.0600. The molecule has 16 heavy (non-hydrogen) atoms. The molecule has 5 heteroatoms. The molecule has 0 unspecified atom stereocenters. The molecule has 0 aliphatic rings. The minimum atomic E-state index is -0.401. The van der Waals surface area contributed by atoms with Crippen molar-refractivity contribution in [1.82, 2.24) is 4.98 Å². The molecule has 2 heterocycles. The minimum Gasteiger partial charge on any atom is -0.465 e. The number of hydrogen-bond acceptors (Lipinski definition) is 5. The molecule has 4 nitrogen and oxygen atoms in total. The number of thiazole rings is 1. The van der Waals surface area contributed by atoms with Crippen LogP contribution in [0, 0.1) is 0 Å². The highest BCUT2D eigenvalue weighted by Gasteiger charge is 2.13. The third-order valence-corrected chi connectivity index (χ3v) is 3.05. The predicted molar refractivity (Wildman–Crippen MR) is 60.5 cm³/mol. The zero-order valence-corrected chi connectivity index (χ0v) is 9.84. The van der Waals surface area contributed by atoms with E-state index in [1.54, 1.807) is 6.07 Å². The Hall–Kier alpha value is -1.62. The fraction of sp³-hybridized carbons (Fsp3) is 0.273. The molecular weight excluding hydrogens is 226 g/mol. The fourth-order valence-corrected chi connectivity index (χ4v) is 2.12. The van der Waals surface area contributed by atoms with Gasteiger partial charge in [-0.25, -0.2) is 9.78 Å². The lowest BCUT2D eigenvalue weighted by atomic mass is 10.3. The second-order valence-corrected chi connectivity index (χ2v) is 4.05. The number of carbonyl (C=O) groups is 1. The van der Waals surface area contributed by atoms with Crippen LogP contribution in [0.25, 0.3) is 10.8 Å². The Kier molecular flexibility index (Phi) is 3.05. The minimum absolute atomic E-state index is 0.401. The van der Waals surface area contributed by atoms with E-state index >= 15 is 0 Å². The SMILES string of the molecule is CCc1csc(-c2cc(C(=O)OC)co2)n1. The molecule has 0 fully saturated rings. The second-order valence-electron chi connectivity index (χ2n) is 3.19. The molecule has 0 saturated heterocycles. The molecule has 0 spiro atoms. The van der Waals surface area contributed by atoms with E-state index in [1.807, 2.05) is 12.3 Å².